The van der Waals surface area contributed by atoms with Crippen LogP contribution in [0.15, 0.2) is 22.6 Å². The predicted molar refractivity (Wildman–Crippen MR) is 77.1 cm³/mol. The summed E-state index contributed by atoms with van der Waals surface area (Å²) in [4.78, 5) is 11.8. The molecule has 132 valence electrons. The maximum Gasteiger partial charge on any atom is 0.287 e. The van der Waals surface area contributed by atoms with Gasteiger partial charge in [-0.3, -0.25) is 9.48 Å². The normalized spacial score (nSPS) is 11.7. The van der Waals surface area contributed by atoms with Crippen LogP contribution < -0.4 is 5.32 Å². The van der Waals surface area contributed by atoms with Crippen LogP contribution in [0.5, 0.6) is 0 Å². The Morgan fingerprint density at radius 3 is 2.54 bits per heavy atom. The third kappa shape index (κ3) is 4.36. The molecule has 0 aliphatic rings. The van der Waals surface area contributed by atoms with E-state index in [2.05, 4.69) is 10.4 Å². The van der Waals surface area contributed by atoms with Gasteiger partial charge in [-0.15, -0.1) is 0 Å². The van der Waals surface area contributed by atoms with Gasteiger partial charge in [0.25, 0.3) is 18.8 Å². The van der Waals surface area contributed by atoms with Gasteiger partial charge >= 0.3 is 0 Å². The zero-order valence-electron chi connectivity index (χ0n) is 13.1. The second kappa shape index (κ2) is 7.50. The fraction of sp³-hybridized carbons (Fsp3) is 0.467. The van der Waals surface area contributed by atoms with Crippen molar-refractivity contribution in [2.45, 2.75) is 33.2 Å². The largest absolute Gasteiger partial charge is 0.454 e. The second-order valence-electron chi connectivity index (χ2n) is 5.62. The fourth-order valence-electron chi connectivity index (χ4n) is 1.98. The molecule has 0 radical (unpaired) electrons. The van der Waals surface area contributed by atoms with E-state index in [1.54, 1.807) is 0 Å². The van der Waals surface area contributed by atoms with Crippen LogP contribution in [0, 0.1) is 5.92 Å². The highest BCUT2D eigenvalue weighted by molar-refractivity contribution is 5.91. The summed E-state index contributed by atoms with van der Waals surface area (Å²) in [5, 5.41) is 6.12. The molecule has 0 bridgehead atoms. The van der Waals surface area contributed by atoms with Gasteiger partial charge in [-0.2, -0.15) is 5.10 Å². The smallest absolute Gasteiger partial charge is 0.287 e. The number of alkyl halides is 4. The number of aromatic nitrogens is 2. The van der Waals surface area contributed by atoms with Crippen LogP contribution in [0.2, 0.25) is 0 Å². The minimum absolute atomic E-state index is 0.0190. The van der Waals surface area contributed by atoms with Gasteiger partial charge in [0.2, 0.25) is 0 Å². The lowest BCUT2D eigenvalue weighted by Gasteiger charge is -2.06. The van der Waals surface area contributed by atoms with Crippen LogP contribution >= 0.6 is 0 Å². The first-order valence-corrected chi connectivity index (χ1v) is 7.28. The molecule has 2 heterocycles. The quantitative estimate of drug-likeness (QED) is 0.776. The van der Waals surface area contributed by atoms with Gasteiger partial charge in [0.15, 0.2) is 5.76 Å². The molecule has 2 aromatic heterocycles. The third-order valence-electron chi connectivity index (χ3n) is 3.14. The summed E-state index contributed by atoms with van der Waals surface area (Å²) in [5.74, 6) is 0.00703. The minimum Gasteiger partial charge on any atom is -0.454 e. The predicted octanol–water partition coefficient (Wildman–Crippen LogP) is 3.79. The number of halogens is 4. The summed E-state index contributed by atoms with van der Waals surface area (Å²) in [6.07, 6.45) is -5.90. The molecule has 0 atom stereocenters. The highest BCUT2D eigenvalue weighted by atomic mass is 19.3. The molecule has 24 heavy (non-hydrogen) atoms. The van der Waals surface area contributed by atoms with E-state index >= 15 is 0 Å². The number of hydrogen-bond acceptors (Lipinski definition) is 3. The maximum absolute atomic E-state index is 12.9. The molecule has 0 saturated carbocycles. The average Bonchev–Trinajstić information content (AvgIpc) is 3.12. The van der Waals surface area contributed by atoms with Gasteiger partial charge in [-0.25, -0.2) is 17.6 Å². The maximum atomic E-state index is 12.9. The van der Waals surface area contributed by atoms with Gasteiger partial charge in [-0.1, -0.05) is 13.8 Å². The number of amides is 1. The summed E-state index contributed by atoms with van der Waals surface area (Å²) in [7, 11) is 0. The van der Waals surface area contributed by atoms with Crippen molar-refractivity contribution in [2.24, 2.45) is 5.92 Å². The van der Waals surface area contributed by atoms with Gasteiger partial charge in [-0.05, 0) is 24.1 Å². The van der Waals surface area contributed by atoms with Crippen LogP contribution in [0.3, 0.4) is 0 Å². The van der Waals surface area contributed by atoms with E-state index in [0.717, 1.165) is 4.68 Å². The number of nitrogens with one attached hydrogen (secondary N) is 1. The molecule has 9 heteroatoms. The lowest BCUT2D eigenvalue weighted by molar-refractivity contribution is 0.0918. The van der Waals surface area contributed by atoms with Crippen LogP contribution in [0.25, 0.3) is 0 Å². The molecule has 0 aliphatic heterocycles. The Balaban J connectivity index is 2.13. The Morgan fingerprint density at radius 2 is 1.96 bits per heavy atom. The van der Waals surface area contributed by atoms with Crippen molar-refractivity contribution in [3.63, 3.8) is 0 Å². The van der Waals surface area contributed by atoms with E-state index in [1.807, 2.05) is 13.8 Å². The van der Waals surface area contributed by atoms with Crippen LogP contribution in [0.1, 0.15) is 54.4 Å². The highest BCUT2D eigenvalue weighted by Crippen LogP contribution is 2.25. The van der Waals surface area contributed by atoms with E-state index in [4.69, 9.17) is 4.42 Å². The molecule has 1 amide bonds. The van der Waals surface area contributed by atoms with Crippen molar-refractivity contribution in [3.05, 3.63) is 41.1 Å². The van der Waals surface area contributed by atoms with Gasteiger partial charge in [0, 0.05) is 6.54 Å². The van der Waals surface area contributed by atoms with Crippen molar-refractivity contribution in [1.82, 2.24) is 15.1 Å². The topological polar surface area (TPSA) is 60.1 Å². The standard InChI is InChI=1S/C15H17F4N3O2/c1-8(2)6-20-15(23)12-4-3-9(24-12)7-22-11(14(18)19)5-10(21-22)13(16)17/h3-5,8,13-14H,6-7H2,1-2H3,(H,20,23). The molecule has 0 unspecified atom stereocenters. The molecular formula is C15H17F4N3O2. The summed E-state index contributed by atoms with van der Waals surface area (Å²) < 4.78 is 57.1. The van der Waals surface area contributed by atoms with Crippen molar-refractivity contribution < 1.29 is 26.8 Å². The molecule has 0 aliphatic carbocycles. The first-order chi connectivity index (χ1) is 11.3. The van der Waals surface area contributed by atoms with Gasteiger partial charge in [0.05, 0.1) is 6.54 Å². The Labute approximate surface area is 135 Å². The Morgan fingerprint density at radius 1 is 1.25 bits per heavy atom. The van der Waals surface area contributed by atoms with Crippen LogP contribution in [0.4, 0.5) is 17.6 Å². The molecular weight excluding hydrogens is 330 g/mol. The van der Waals surface area contributed by atoms with E-state index in [9.17, 15) is 22.4 Å². The molecule has 1 N–H and O–H groups in total. The first kappa shape index (κ1) is 18.0. The molecule has 0 spiro atoms. The van der Waals surface area contributed by atoms with E-state index in [1.165, 1.54) is 12.1 Å². The molecule has 0 saturated heterocycles. The molecule has 5 nitrogen and oxygen atoms in total. The van der Waals surface area contributed by atoms with Crippen molar-refractivity contribution in [1.29, 1.82) is 0 Å². The number of furan rings is 1. The molecule has 0 fully saturated rings. The van der Waals surface area contributed by atoms with Gasteiger partial charge in [0.1, 0.15) is 17.1 Å². The van der Waals surface area contributed by atoms with Crippen molar-refractivity contribution in [3.8, 4) is 0 Å². The Kier molecular flexibility index (Phi) is 5.63. The van der Waals surface area contributed by atoms with Crippen LogP contribution in [-0.2, 0) is 6.54 Å². The summed E-state index contributed by atoms with van der Waals surface area (Å²) in [5.41, 5.74) is -1.36. The molecule has 2 aromatic rings. The Hall–Kier alpha value is -2.32. The number of carbonyl (C=O) groups is 1. The first-order valence-electron chi connectivity index (χ1n) is 7.28. The van der Waals surface area contributed by atoms with Gasteiger partial charge < -0.3 is 9.73 Å². The number of hydrogen-bond donors (Lipinski definition) is 1. The number of rotatable bonds is 7. The van der Waals surface area contributed by atoms with Crippen molar-refractivity contribution >= 4 is 5.91 Å². The average molecular weight is 347 g/mol. The fourth-order valence-corrected chi connectivity index (χ4v) is 1.98. The zero-order valence-corrected chi connectivity index (χ0v) is 13.1. The van der Waals surface area contributed by atoms with E-state index < -0.39 is 30.1 Å². The van der Waals surface area contributed by atoms with E-state index in [-0.39, 0.29) is 24.0 Å². The lowest BCUT2D eigenvalue weighted by atomic mass is 10.2. The second-order valence-corrected chi connectivity index (χ2v) is 5.62. The summed E-state index contributed by atoms with van der Waals surface area (Å²) in [6, 6.07) is 3.47. The van der Waals surface area contributed by atoms with Crippen molar-refractivity contribution in [2.75, 3.05) is 6.54 Å². The third-order valence-corrected chi connectivity index (χ3v) is 3.14. The molecule has 2 rings (SSSR count). The minimum atomic E-state index is -2.95. The SMILES string of the molecule is CC(C)CNC(=O)c1ccc(Cn2nc(C(F)F)cc2C(F)F)o1. The zero-order chi connectivity index (χ0) is 17.9. The summed E-state index contributed by atoms with van der Waals surface area (Å²) in [6.45, 7) is 4.04. The number of nitrogens with zero attached hydrogens (tertiary/aromatic N) is 2. The Bertz CT molecular complexity index is 695. The summed E-state index contributed by atoms with van der Waals surface area (Å²) >= 11 is 0. The molecule has 0 aromatic carbocycles. The highest BCUT2D eigenvalue weighted by Gasteiger charge is 2.22. The lowest BCUT2D eigenvalue weighted by Crippen LogP contribution is -2.26. The van der Waals surface area contributed by atoms with E-state index in [0.29, 0.717) is 12.6 Å². The monoisotopic (exact) mass is 347 g/mol. The number of carbonyl (C=O) groups excluding carboxylic acids is 1. The van der Waals surface area contributed by atoms with Crippen LogP contribution in [-0.4, -0.2) is 22.2 Å².